The lowest BCUT2D eigenvalue weighted by molar-refractivity contribution is -0.137. The van der Waals surface area contributed by atoms with E-state index in [0.717, 1.165) is 23.9 Å². The van der Waals surface area contributed by atoms with Gasteiger partial charge in [-0.2, -0.15) is 13.2 Å². The average Bonchev–Trinajstić information content (AvgIpc) is 3.10. The highest BCUT2D eigenvalue weighted by atomic mass is 32.2. The number of alkyl halides is 3. The van der Waals surface area contributed by atoms with Crippen LogP contribution < -0.4 is 9.62 Å². The van der Waals surface area contributed by atoms with Crippen molar-refractivity contribution in [1.29, 1.82) is 0 Å². The number of aryl methyl sites for hydroxylation is 1. The van der Waals surface area contributed by atoms with Crippen LogP contribution in [0.15, 0.2) is 58.2 Å². The third-order valence-electron chi connectivity index (χ3n) is 4.68. The Labute approximate surface area is 170 Å². The molecule has 7 nitrogen and oxygen atoms in total. The number of nitrogens with zero attached hydrogens (tertiary/aromatic N) is 3. The van der Waals surface area contributed by atoms with Gasteiger partial charge in [0.25, 0.3) is 0 Å². The summed E-state index contributed by atoms with van der Waals surface area (Å²) in [4.78, 5) is 9.79. The first-order valence-corrected chi connectivity index (χ1v) is 10.4. The van der Waals surface area contributed by atoms with Crippen molar-refractivity contribution < 1.29 is 26.0 Å². The van der Waals surface area contributed by atoms with Crippen molar-refractivity contribution in [3.63, 3.8) is 0 Å². The SMILES string of the molecule is Cc1nc(-c2ccc(S(=O)(=O)NC3CN(c4cc(C(F)(F)F)ccn4)C3)cc2)co1. The van der Waals surface area contributed by atoms with Crippen LogP contribution in [0.5, 0.6) is 0 Å². The minimum Gasteiger partial charge on any atom is -0.449 e. The first-order chi connectivity index (χ1) is 14.1. The quantitative estimate of drug-likeness (QED) is 0.658. The minimum atomic E-state index is -4.46. The van der Waals surface area contributed by atoms with Gasteiger partial charge in [-0.15, -0.1) is 0 Å². The van der Waals surface area contributed by atoms with E-state index in [1.807, 2.05) is 0 Å². The third-order valence-corrected chi connectivity index (χ3v) is 6.22. The summed E-state index contributed by atoms with van der Waals surface area (Å²) in [6, 6.07) is 7.61. The molecule has 1 fully saturated rings. The second-order valence-electron chi connectivity index (χ2n) is 6.90. The van der Waals surface area contributed by atoms with E-state index in [-0.39, 0.29) is 23.8 Å². The molecule has 1 saturated heterocycles. The maximum Gasteiger partial charge on any atom is 0.416 e. The van der Waals surface area contributed by atoms with Crippen molar-refractivity contribution in [2.75, 3.05) is 18.0 Å². The van der Waals surface area contributed by atoms with Crippen molar-refractivity contribution in [2.24, 2.45) is 0 Å². The number of hydrogen-bond acceptors (Lipinski definition) is 6. The topological polar surface area (TPSA) is 88.3 Å². The summed E-state index contributed by atoms with van der Waals surface area (Å²) < 4.78 is 71.4. The third kappa shape index (κ3) is 4.17. The van der Waals surface area contributed by atoms with Gasteiger partial charge in [0.15, 0.2) is 5.89 Å². The Morgan fingerprint density at radius 2 is 1.87 bits per heavy atom. The highest BCUT2D eigenvalue weighted by molar-refractivity contribution is 7.89. The lowest BCUT2D eigenvalue weighted by Crippen LogP contribution is -2.59. The molecule has 3 heterocycles. The molecule has 4 rings (SSSR count). The van der Waals surface area contributed by atoms with Crippen molar-refractivity contribution >= 4 is 15.8 Å². The van der Waals surface area contributed by atoms with Gasteiger partial charge in [0.2, 0.25) is 10.0 Å². The van der Waals surface area contributed by atoms with Crippen LogP contribution in [0.25, 0.3) is 11.3 Å². The van der Waals surface area contributed by atoms with Crippen LogP contribution >= 0.6 is 0 Å². The number of sulfonamides is 1. The largest absolute Gasteiger partial charge is 0.449 e. The molecule has 1 aliphatic rings. The van der Waals surface area contributed by atoms with E-state index in [0.29, 0.717) is 11.6 Å². The Balaban J connectivity index is 1.40. The number of nitrogens with one attached hydrogen (secondary N) is 1. The van der Waals surface area contributed by atoms with Crippen molar-refractivity contribution in [1.82, 2.24) is 14.7 Å². The predicted octanol–water partition coefficient (Wildman–Crippen LogP) is 3.23. The fourth-order valence-corrected chi connectivity index (χ4v) is 4.31. The van der Waals surface area contributed by atoms with E-state index in [1.165, 1.54) is 18.4 Å². The number of anilines is 1. The van der Waals surface area contributed by atoms with Crippen LogP contribution in [0, 0.1) is 6.92 Å². The summed E-state index contributed by atoms with van der Waals surface area (Å²) in [5.74, 6) is 0.667. The van der Waals surface area contributed by atoms with E-state index < -0.39 is 27.8 Å². The zero-order valence-corrected chi connectivity index (χ0v) is 16.5. The van der Waals surface area contributed by atoms with Gasteiger partial charge >= 0.3 is 6.18 Å². The molecule has 0 unspecified atom stereocenters. The molecule has 0 radical (unpaired) electrons. The fourth-order valence-electron chi connectivity index (χ4n) is 3.10. The van der Waals surface area contributed by atoms with Crippen LogP contribution in [-0.4, -0.2) is 37.5 Å². The second-order valence-corrected chi connectivity index (χ2v) is 8.61. The summed E-state index contributed by atoms with van der Waals surface area (Å²) in [5.41, 5.74) is 0.530. The van der Waals surface area contributed by atoms with Gasteiger partial charge in [0.1, 0.15) is 17.8 Å². The number of aromatic nitrogens is 2. The van der Waals surface area contributed by atoms with Crippen LogP contribution in [0.3, 0.4) is 0 Å². The van der Waals surface area contributed by atoms with Crippen molar-refractivity contribution in [3.8, 4) is 11.3 Å². The standard InChI is InChI=1S/C19H17F3N4O3S/c1-12-24-17(11-29-12)13-2-4-16(5-3-13)30(27,28)25-15-9-26(10-15)18-8-14(6-7-23-18)19(20,21)22/h2-8,11,15,25H,9-10H2,1H3. The van der Waals surface area contributed by atoms with Crippen molar-refractivity contribution in [2.45, 2.75) is 24.0 Å². The number of benzene rings is 1. The molecule has 0 aliphatic carbocycles. The molecule has 0 bridgehead atoms. The summed E-state index contributed by atoms with van der Waals surface area (Å²) >= 11 is 0. The molecule has 1 N–H and O–H groups in total. The smallest absolute Gasteiger partial charge is 0.416 e. The van der Waals surface area contributed by atoms with Gasteiger partial charge in [-0.1, -0.05) is 12.1 Å². The molecule has 0 atom stereocenters. The summed E-state index contributed by atoms with van der Waals surface area (Å²) in [5, 5.41) is 0. The molecule has 30 heavy (non-hydrogen) atoms. The maximum absolute atomic E-state index is 12.8. The summed E-state index contributed by atoms with van der Waals surface area (Å²) in [7, 11) is -3.77. The Hall–Kier alpha value is -2.92. The Kier molecular flexibility index (Phi) is 5.02. The van der Waals surface area contributed by atoms with Gasteiger partial charge in [0.05, 0.1) is 16.5 Å². The highest BCUT2D eigenvalue weighted by Gasteiger charge is 2.35. The Morgan fingerprint density at radius 1 is 1.17 bits per heavy atom. The molecule has 0 spiro atoms. The van der Waals surface area contributed by atoms with Gasteiger partial charge in [-0.25, -0.2) is 23.1 Å². The lowest BCUT2D eigenvalue weighted by atomic mass is 10.1. The van der Waals surface area contributed by atoms with Gasteiger partial charge in [0, 0.05) is 31.8 Å². The fraction of sp³-hybridized carbons (Fsp3) is 0.263. The van der Waals surface area contributed by atoms with E-state index >= 15 is 0 Å². The molecule has 158 valence electrons. The van der Waals surface area contributed by atoms with E-state index in [2.05, 4.69) is 14.7 Å². The molecule has 0 amide bonds. The zero-order valence-electron chi connectivity index (χ0n) is 15.7. The molecule has 1 aromatic carbocycles. The molecule has 0 saturated carbocycles. The molecule has 3 aromatic rings. The van der Waals surface area contributed by atoms with Crippen LogP contribution in [-0.2, 0) is 16.2 Å². The number of hydrogen-bond donors (Lipinski definition) is 1. The molecular weight excluding hydrogens is 421 g/mol. The highest BCUT2D eigenvalue weighted by Crippen LogP contribution is 2.31. The summed E-state index contributed by atoms with van der Waals surface area (Å²) in [6.45, 7) is 2.16. The minimum absolute atomic E-state index is 0.0853. The monoisotopic (exact) mass is 438 g/mol. The molecular formula is C19H17F3N4O3S. The van der Waals surface area contributed by atoms with E-state index in [9.17, 15) is 21.6 Å². The van der Waals surface area contributed by atoms with E-state index in [4.69, 9.17) is 4.42 Å². The zero-order chi connectivity index (χ0) is 21.5. The number of pyridine rings is 1. The van der Waals surface area contributed by atoms with Gasteiger partial charge < -0.3 is 9.32 Å². The normalized spacial score (nSPS) is 15.3. The molecule has 1 aliphatic heterocycles. The molecule has 11 heteroatoms. The Bertz CT molecular complexity index is 1150. The Morgan fingerprint density at radius 3 is 2.47 bits per heavy atom. The van der Waals surface area contributed by atoms with Gasteiger partial charge in [-0.3, -0.25) is 0 Å². The second kappa shape index (κ2) is 7.40. The average molecular weight is 438 g/mol. The van der Waals surface area contributed by atoms with Crippen LogP contribution in [0.1, 0.15) is 11.5 Å². The lowest BCUT2D eigenvalue weighted by Gasteiger charge is -2.40. The number of halogens is 3. The number of rotatable bonds is 5. The molecule has 2 aromatic heterocycles. The van der Waals surface area contributed by atoms with Crippen LogP contribution in [0.4, 0.5) is 19.0 Å². The maximum atomic E-state index is 12.8. The number of oxazole rings is 1. The predicted molar refractivity (Wildman–Crippen MR) is 102 cm³/mol. The first kappa shape index (κ1) is 20.4. The van der Waals surface area contributed by atoms with Gasteiger partial charge in [-0.05, 0) is 24.3 Å². The first-order valence-electron chi connectivity index (χ1n) is 8.95. The van der Waals surface area contributed by atoms with E-state index in [1.54, 1.807) is 24.0 Å². The van der Waals surface area contributed by atoms with Crippen LogP contribution in [0.2, 0.25) is 0 Å². The summed E-state index contributed by atoms with van der Waals surface area (Å²) in [6.07, 6.45) is -1.88. The van der Waals surface area contributed by atoms with Crippen molar-refractivity contribution in [3.05, 3.63) is 60.3 Å².